The smallest absolute Gasteiger partial charge is 0.252 e. The van der Waals surface area contributed by atoms with Gasteiger partial charge in [0, 0.05) is 37.3 Å². The SMILES string of the molecule is CCN(C(=O)CCCSCC1CC1(F)F)c1cn(-c2cccnc2)nc1Cl. The van der Waals surface area contributed by atoms with Crippen molar-refractivity contribution in [3.05, 3.63) is 35.9 Å². The molecule has 1 saturated carbocycles. The third-order valence-electron chi connectivity index (χ3n) is 4.42. The quantitative estimate of drug-likeness (QED) is 0.569. The van der Waals surface area contributed by atoms with Gasteiger partial charge in [0.25, 0.3) is 5.92 Å². The van der Waals surface area contributed by atoms with E-state index in [4.69, 9.17) is 11.6 Å². The summed E-state index contributed by atoms with van der Waals surface area (Å²) in [5, 5.41) is 4.50. The number of hydrogen-bond acceptors (Lipinski definition) is 4. The van der Waals surface area contributed by atoms with Gasteiger partial charge in [0.05, 0.1) is 18.1 Å². The minimum Gasteiger partial charge on any atom is -0.309 e. The Morgan fingerprint density at radius 1 is 1.52 bits per heavy atom. The van der Waals surface area contributed by atoms with Crippen molar-refractivity contribution in [3.8, 4) is 5.69 Å². The zero-order chi connectivity index (χ0) is 19.4. The Morgan fingerprint density at radius 3 is 2.93 bits per heavy atom. The first-order chi connectivity index (χ1) is 12.9. The van der Waals surface area contributed by atoms with Crippen LogP contribution in [0.2, 0.25) is 5.15 Å². The van der Waals surface area contributed by atoms with Crippen LogP contribution in [0, 0.1) is 5.92 Å². The van der Waals surface area contributed by atoms with Crippen LogP contribution in [0.5, 0.6) is 0 Å². The van der Waals surface area contributed by atoms with E-state index in [1.165, 1.54) is 11.8 Å². The van der Waals surface area contributed by atoms with Gasteiger partial charge in [-0.15, -0.1) is 0 Å². The summed E-state index contributed by atoms with van der Waals surface area (Å²) in [5.41, 5.74) is 1.31. The molecule has 1 atom stereocenters. The summed E-state index contributed by atoms with van der Waals surface area (Å²) in [6.07, 6.45) is 6.03. The molecule has 0 radical (unpaired) electrons. The Labute approximate surface area is 166 Å². The van der Waals surface area contributed by atoms with E-state index in [0.29, 0.717) is 36.6 Å². The molecular formula is C18H21ClF2N4OS. The first kappa shape index (κ1) is 20.1. The van der Waals surface area contributed by atoms with E-state index < -0.39 is 11.8 Å². The van der Waals surface area contributed by atoms with Gasteiger partial charge in [0.1, 0.15) is 5.69 Å². The number of aromatic nitrogens is 3. The van der Waals surface area contributed by atoms with Gasteiger partial charge in [-0.1, -0.05) is 11.6 Å². The van der Waals surface area contributed by atoms with Crippen LogP contribution < -0.4 is 4.90 Å². The lowest BCUT2D eigenvalue weighted by atomic mass is 10.3. The van der Waals surface area contributed by atoms with Gasteiger partial charge in [-0.3, -0.25) is 9.78 Å². The highest BCUT2D eigenvalue weighted by Gasteiger charge is 2.56. The van der Waals surface area contributed by atoms with E-state index in [-0.39, 0.29) is 17.5 Å². The Kier molecular flexibility index (Phi) is 6.37. The van der Waals surface area contributed by atoms with E-state index in [9.17, 15) is 13.6 Å². The summed E-state index contributed by atoms with van der Waals surface area (Å²) < 4.78 is 27.3. The summed E-state index contributed by atoms with van der Waals surface area (Å²) in [4.78, 5) is 18.2. The largest absolute Gasteiger partial charge is 0.309 e. The summed E-state index contributed by atoms with van der Waals surface area (Å²) in [6, 6.07) is 3.64. The van der Waals surface area contributed by atoms with Gasteiger partial charge < -0.3 is 4.90 Å². The van der Waals surface area contributed by atoms with Crippen molar-refractivity contribution in [1.82, 2.24) is 14.8 Å². The normalized spacial score (nSPS) is 17.7. The van der Waals surface area contributed by atoms with Gasteiger partial charge in [-0.05, 0) is 31.2 Å². The molecule has 0 N–H and O–H groups in total. The van der Waals surface area contributed by atoms with E-state index in [1.54, 1.807) is 34.2 Å². The minimum atomic E-state index is -2.47. The highest BCUT2D eigenvalue weighted by Crippen LogP contribution is 2.50. The summed E-state index contributed by atoms with van der Waals surface area (Å²) >= 11 is 7.73. The Balaban J connectivity index is 1.53. The molecule has 0 aliphatic heterocycles. The van der Waals surface area contributed by atoms with Crippen LogP contribution >= 0.6 is 23.4 Å². The summed E-state index contributed by atoms with van der Waals surface area (Å²) in [7, 11) is 0. The number of anilines is 1. The van der Waals surface area contributed by atoms with E-state index in [0.717, 1.165) is 5.69 Å². The Hall–Kier alpha value is -1.67. The fraction of sp³-hybridized carbons (Fsp3) is 0.500. The molecule has 1 aliphatic carbocycles. The highest BCUT2D eigenvalue weighted by molar-refractivity contribution is 7.99. The van der Waals surface area contributed by atoms with Crippen molar-refractivity contribution >= 4 is 35.0 Å². The molecule has 1 amide bonds. The van der Waals surface area contributed by atoms with Crippen molar-refractivity contribution in [2.24, 2.45) is 5.92 Å². The molecule has 9 heteroatoms. The predicted molar refractivity (Wildman–Crippen MR) is 104 cm³/mol. The molecular weight excluding hydrogens is 394 g/mol. The monoisotopic (exact) mass is 414 g/mol. The fourth-order valence-electron chi connectivity index (χ4n) is 2.76. The maximum Gasteiger partial charge on any atom is 0.252 e. The minimum absolute atomic E-state index is 0.00195. The topological polar surface area (TPSA) is 51.0 Å². The average molecular weight is 415 g/mol. The van der Waals surface area contributed by atoms with Crippen molar-refractivity contribution in [3.63, 3.8) is 0 Å². The molecule has 146 valence electrons. The van der Waals surface area contributed by atoms with Gasteiger partial charge >= 0.3 is 0 Å². The van der Waals surface area contributed by atoms with Gasteiger partial charge in [0.15, 0.2) is 5.15 Å². The molecule has 2 aromatic heterocycles. The first-order valence-electron chi connectivity index (χ1n) is 8.84. The number of halogens is 3. The second-order valence-corrected chi connectivity index (χ2v) is 7.95. The lowest BCUT2D eigenvalue weighted by molar-refractivity contribution is -0.118. The lowest BCUT2D eigenvalue weighted by Gasteiger charge is -2.19. The maximum absolute atomic E-state index is 12.8. The van der Waals surface area contributed by atoms with E-state index >= 15 is 0 Å². The van der Waals surface area contributed by atoms with Crippen molar-refractivity contribution in [1.29, 1.82) is 0 Å². The molecule has 5 nitrogen and oxygen atoms in total. The zero-order valence-electron chi connectivity index (χ0n) is 14.9. The van der Waals surface area contributed by atoms with Crippen LogP contribution in [0.25, 0.3) is 5.69 Å². The Morgan fingerprint density at radius 2 is 2.30 bits per heavy atom. The zero-order valence-corrected chi connectivity index (χ0v) is 16.5. The van der Waals surface area contributed by atoms with Crippen LogP contribution in [0.15, 0.2) is 30.7 Å². The Bertz CT molecular complexity index is 787. The lowest BCUT2D eigenvalue weighted by Crippen LogP contribution is -2.30. The summed E-state index contributed by atoms with van der Waals surface area (Å²) in [6.45, 7) is 2.35. The third-order valence-corrected chi connectivity index (χ3v) is 5.91. The molecule has 2 heterocycles. The van der Waals surface area contributed by atoms with Crippen LogP contribution in [0.3, 0.4) is 0 Å². The molecule has 3 rings (SSSR count). The number of carbonyl (C=O) groups excluding carboxylic acids is 1. The van der Waals surface area contributed by atoms with Crippen LogP contribution in [0.1, 0.15) is 26.2 Å². The number of rotatable bonds is 9. The molecule has 0 aromatic carbocycles. The maximum atomic E-state index is 12.8. The molecule has 1 unspecified atom stereocenters. The number of hydrogen-bond donors (Lipinski definition) is 0. The second kappa shape index (κ2) is 8.56. The summed E-state index contributed by atoms with van der Waals surface area (Å²) in [5.74, 6) is -1.85. The van der Waals surface area contributed by atoms with Crippen LogP contribution in [-0.4, -0.2) is 44.6 Å². The third kappa shape index (κ3) is 4.99. The van der Waals surface area contributed by atoms with Gasteiger partial charge in [-0.25, -0.2) is 13.5 Å². The molecule has 0 spiro atoms. The van der Waals surface area contributed by atoms with Gasteiger partial charge in [0.2, 0.25) is 5.91 Å². The first-order valence-corrected chi connectivity index (χ1v) is 10.4. The number of pyridine rings is 1. The molecule has 1 fully saturated rings. The molecule has 0 bridgehead atoms. The number of nitrogens with zero attached hydrogens (tertiary/aromatic N) is 4. The number of thioether (sulfide) groups is 1. The van der Waals surface area contributed by atoms with Gasteiger partial charge in [-0.2, -0.15) is 16.9 Å². The second-order valence-electron chi connectivity index (χ2n) is 6.44. The van der Waals surface area contributed by atoms with Crippen molar-refractivity contribution < 1.29 is 13.6 Å². The van der Waals surface area contributed by atoms with Crippen LogP contribution in [0.4, 0.5) is 14.5 Å². The van der Waals surface area contributed by atoms with Crippen LogP contribution in [-0.2, 0) is 4.79 Å². The fourth-order valence-corrected chi connectivity index (χ4v) is 4.16. The molecule has 27 heavy (non-hydrogen) atoms. The number of carbonyl (C=O) groups is 1. The number of amides is 1. The van der Waals surface area contributed by atoms with E-state index in [1.807, 2.05) is 13.0 Å². The number of alkyl halides is 2. The highest BCUT2D eigenvalue weighted by atomic mass is 35.5. The van der Waals surface area contributed by atoms with Crippen molar-refractivity contribution in [2.45, 2.75) is 32.1 Å². The average Bonchev–Trinajstić information content (AvgIpc) is 3.08. The molecule has 1 aliphatic rings. The van der Waals surface area contributed by atoms with E-state index in [2.05, 4.69) is 10.1 Å². The standard InChI is InChI=1S/C18H21ClF2N4OS/c1-2-24(16(26)6-4-8-27-12-13-9-18(13,20)21)15-11-25(23-17(15)19)14-5-3-7-22-10-14/h3,5,7,10-11,13H,2,4,6,8-9,12H2,1H3. The van der Waals surface area contributed by atoms with Crippen molar-refractivity contribution in [2.75, 3.05) is 23.0 Å². The molecule has 2 aromatic rings. The predicted octanol–water partition coefficient (Wildman–Crippen LogP) is 4.44. The molecule has 0 saturated heterocycles.